The third-order valence-electron chi connectivity index (χ3n) is 4.03. The third kappa shape index (κ3) is 5.67. The van der Waals surface area contributed by atoms with Gasteiger partial charge in [-0.2, -0.15) is 0 Å². The smallest absolute Gasteiger partial charge is 0.220 e. The van der Waals surface area contributed by atoms with E-state index in [1.807, 2.05) is 6.92 Å². The summed E-state index contributed by atoms with van der Waals surface area (Å²) >= 11 is 0. The van der Waals surface area contributed by atoms with Gasteiger partial charge in [-0.25, -0.2) is 4.98 Å². The normalized spacial score (nSPS) is 19.6. The van der Waals surface area contributed by atoms with Crippen LogP contribution in [0.15, 0.2) is 10.6 Å². The average molecular weight is 316 g/mol. The molecule has 2 unspecified atom stereocenters. The lowest BCUT2D eigenvalue weighted by molar-refractivity contribution is -0.122. The van der Waals surface area contributed by atoms with Crippen LogP contribution in [0.3, 0.4) is 0 Å². The van der Waals surface area contributed by atoms with Gasteiger partial charge in [0, 0.05) is 12.8 Å². The van der Waals surface area contributed by atoms with Crippen LogP contribution >= 0.6 is 12.4 Å². The van der Waals surface area contributed by atoms with E-state index in [1.165, 1.54) is 12.8 Å². The number of aromatic nitrogens is 1. The number of nitrogens with zero attached hydrogens (tertiary/aromatic N) is 1. The Morgan fingerprint density at radius 2 is 2.43 bits per heavy atom. The molecule has 6 heteroatoms. The van der Waals surface area contributed by atoms with E-state index in [-0.39, 0.29) is 18.3 Å². The summed E-state index contributed by atoms with van der Waals surface area (Å²) in [6.45, 7) is 6.71. The Balaban J connectivity index is 0.00000220. The molecule has 5 nitrogen and oxygen atoms in total. The quantitative estimate of drug-likeness (QED) is 0.845. The van der Waals surface area contributed by atoms with Crippen molar-refractivity contribution in [3.63, 3.8) is 0 Å². The molecular weight excluding hydrogens is 290 g/mol. The minimum absolute atomic E-state index is 0. The fourth-order valence-electron chi connectivity index (χ4n) is 2.66. The first kappa shape index (κ1) is 18.0. The molecule has 1 aliphatic rings. The molecule has 0 bridgehead atoms. The van der Waals surface area contributed by atoms with E-state index < -0.39 is 0 Å². The van der Waals surface area contributed by atoms with Crippen molar-refractivity contribution in [2.45, 2.75) is 46.1 Å². The zero-order valence-electron chi connectivity index (χ0n) is 12.9. The van der Waals surface area contributed by atoms with Gasteiger partial charge in [0.25, 0.3) is 0 Å². The highest BCUT2D eigenvalue weighted by Crippen LogP contribution is 2.22. The maximum atomic E-state index is 11.9. The molecule has 21 heavy (non-hydrogen) atoms. The molecule has 1 saturated heterocycles. The van der Waals surface area contributed by atoms with Crippen LogP contribution in [0.1, 0.15) is 44.8 Å². The first-order valence-corrected chi connectivity index (χ1v) is 7.60. The number of carbonyl (C=O) groups excluding carboxylic acids is 1. The van der Waals surface area contributed by atoms with Crippen LogP contribution in [0.4, 0.5) is 0 Å². The second-order valence-electron chi connectivity index (χ2n) is 5.64. The Labute approximate surface area is 132 Å². The largest absolute Gasteiger partial charge is 0.444 e. The molecule has 1 fully saturated rings. The molecule has 1 aromatic rings. The molecule has 0 radical (unpaired) electrons. The van der Waals surface area contributed by atoms with Crippen LogP contribution in [0.5, 0.6) is 0 Å². The monoisotopic (exact) mass is 315 g/mol. The van der Waals surface area contributed by atoms with Crippen LogP contribution in [-0.4, -0.2) is 24.0 Å². The number of carbonyl (C=O) groups is 1. The molecule has 0 aromatic carbocycles. The number of nitrogens with one attached hydrogen (secondary N) is 2. The Kier molecular flexibility index (Phi) is 7.75. The number of aryl methyl sites for hydroxylation is 1. The number of hydrogen-bond acceptors (Lipinski definition) is 4. The van der Waals surface area contributed by atoms with E-state index in [0.717, 1.165) is 25.3 Å². The number of piperidine rings is 1. The van der Waals surface area contributed by atoms with Crippen LogP contribution in [0, 0.1) is 11.8 Å². The molecule has 2 rings (SSSR count). The molecule has 0 aliphatic carbocycles. The number of hydrogen-bond donors (Lipinski definition) is 2. The lowest BCUT2D eigenvalue weighted by Gasteiger charge is -2.27. The van der Waals surface area contributed by atoms with E-state index in [1.54, 1.807) is 6.20 Å². The van der Waals surface area contributed by atoms with Crippen LogP contribution in [-0.2, 0) is 17.8 Å². The molecule has 1 amide bonds. The lowest BCUT2D eigenvalue weighted by Crippen LogP contribution is -2.35. The summed E-state index contributed by atoms with van der Waals surface area (Å²) in [4.78, 5) is 16.1. The highest BCUT2D eigenvalue weighted by molar-refractivity contribution is 5.85. The van der Waals surface area contributed by atoms with Gasteiger partial charge >= 0.3 is 0 Å². The van der Waals surface area contributed by atoms with Gasteiger partial charge in [-0.05, 0) is 37.8 Å². The molecular formula is C15H26ClN3O2. The highest BCUT2D eigenvalue weighted by atomic mass is 35.5. The zero-order chi connectivity index (χ0) is 14.4. The number of halogens is 1. The SMILES string of the molecule is CCc1cnc(CNC(=O)CC(C)C2CCCNC2)o1.Cl. The summed E-state index contributed by atoms with van der Waals surface area (Å²) in [7, 11) is 0. The first-order valence-electron chi connectivity index (χ1n) is 7.60. The van der Waals surface area contributed by atoms with Crippen LogP contribution in [0.2, 0.25) is 0 Å². The van der Waals surface area contributed by atoms with Crippen molar-refractivity contribution < 1.29 is 9.21 Å². The summed E-state index contributed by atoms with van der Waals surface area (Å²) in [5, 5.41) is 6.29. The van der Waals surface area contributed by atoms with Gasteiger partial charge in [-0.1, -0.05) is 13.8 Å². The second-order valence-corrected chi connectivity index (χ2v) is 5.64. The van der Waals surface area contributed by atoms with E-state index in [2.05, 4.69) is 22.5 Å². The molecule has 2 atom stereocenters. The summed E-state index contributed by atoms with van der Waals surface area (Å²) < 4.78 is 5.47. The number of rotatable bonds is 6. The predicted molar refractivity (Wildman–Crippen MR) is 84.4 cm³/mol. The molecule has 1 aromatic heterocycles. The van der Waals surface area contributed by atoms with Gasteiger partial charge in [-0.15, -0.1) is 12.4 Å². The third-order valence-corrected chi connectivity index (χ3v) is 4.03. The van der Waals surface area contributed by atoms with Gasteiger partial charge in [0.1, 0.15) is 5.76 Å². The zero-order valence-corrected chi connectivity index (χ0v) is 13.7. The van der Waals surface area contributed by atoms with Crippen molar-refractivity contribution in [3.05, 3.63) is 17.8 Å². The van der Waals surface area contributed by atoms with E-state index >= 15 is 0 Å². The summed E-state index contributed by atoms with van der Waals surface area (Å²) in [5.41, 5.74) is 0. The Hall–Kier alpha value is -1.07. The number of oxazole rings is 1. The number of amides is 1. The van der Waals surface area contributed by atoms with Crippen molar-refractivity contribution in [1.82, 2.24) is 15.6 Å². The first-order chi connectivity index (χ1) is 9.69. The Bertz CT molecular complexity index is 430. The molecule has 2 heterocycles. The van der Waals surface area contributed by atoms with Crippen molar-refractivity contribution in [2.75, 3.05) is 13.1 Å². The summed E-state index contributed by atoms with van der Waals surface area (Å²) in [5.74, 6) is 2.55. The van der Waals surface area contributed by atoms with Gasteiger partial charge < -0.3 is 15.1 Å². The van der Waals surface area contributed by atoms with Crippen molar-refractivity contribution in [3.8, 4) is 0 Å². The average Bonchev–Trinajstić information content (AvgIpc) is 2.94. The van der Waals surface area contributed by atoms with Gasteiger partial charge in [0.05, 0.1) is 12.7 Å². The van der Waals surface area contributed by atoms with Gasteiger partial charge in [0.15, 0.2) is 0 Å². The van der Waals surface area contributed by atoms with E-state index in [0.29, 0.717) is 30.7 Å². The fourth-order valence-corrected chi connectivity index (χ4v) is 2.66. The van der Waals surface area contributed by atoms with Crippen molar-refractivity contribution in [2.24, 2.45) is 11.8 Å². The standard InChI is InChI=1S/C15H25N3O2.ClH/c1-3-13-9-18-15(20-13)10-17-14(19)7-11(2)12-5-4-6-16-8-12;/h9,11-12,16H,3-8,10H2,1-2H3,(H,17,19);1H. The maximum absolute atomic E-state index is 11.9. The molecule has 0 saturated carbocycles. The molecule has 2 N–H and O–H groups in total. The van der Waals surface area contributed by atoms with Crippen molar-refractivity contribution in [1.29, 1.82) is 0 Å². The summed E-state index contributed by atoms with van der Waals surface area (Å²) in [6, 6.07) is 0. The van der Waals surface area contributed by atoms with Gasteiger partial charge in [0.2, 0.25) is 11.8 Å². The highest BCUT2D eigenvalue weighted by Gasteiger charge is 2.22. The maximum Gasteiger partial charge on any atom is 0.220 e. The van der Waals surface area contributed by atoms with E-state index in [4.69, 9.17) is 4.42 Å². The fraction of sp³-hybridized carbons (Fsp3) is 0.733. The topological polar surface area (TPSA) is 67.2 Å². The van der Waals surface area contributed by atoms with Gasteiger partial charge in [-0.3, -0.25) is 4.79 Å². The minimum atomic E-state index is 0. The molecule has 120 valence electrons. The summed E-state index contributed by atoms with van der Waals surface area (Å²) in [6.07, 6.45) is 5.56. The Morgan fingerprint density at radius 1 is 1.62 bits per heavy atom. The molecule has 1 aliphatic heterocycles. The molecule has 0 spiro atoms. The van der Waals surface area contributed by atoms with Crippen LogP contribution < -0.4 is 10.6 Å². The van der Waals surface area contributed by atoms with Crippen molar-refractivity contribution >= 4 is 18.3 Å². The lowest BCUT2D eigenvalue weighted by atomic mass is 9.85. The second kappa shape index (κ2) is 9.05. The Morgan fingerprint density at radius 3 is 3.05 bits per heavy atom. The van der Waals surface area contributed by atoms with Crippen LogP contribution in [0.25, 0.3) is 0 Å². The van der Waals surface area contributed by atoms with E-state index in [9.17, 15) is 4.79 Å². The predicted octanol–water partition coefficient (Wildman–Crippen LogP) is 2.30. The minimum Gasteiger partial charge on any atom is -0.444 e.